The van der Waals surface area contributed by atoms with E-state index in [-0.39, 0.29) is 18.5 Å². The largest absolute Gasteiger partial charge is 0.345 e. The van der Waals surface area contributed by atoms with E-state index in [0.717, 1.165) is 23.0 Å². The number of aromatic nitrogens is 4. The Morgan fingerprint density at radius 1 is 1.00 bits per heavy atom. The molecule has 4 heterocycles. The summed E-state index contributed by atoms with van der Waals surface area (Å²) in [6.45, 7) is -0.491. The van der Waals surface area contributed by atoms with E-state index in [4.69, 9.17) is 0 Å². The summed E-state index contributed by atoms with van der Waals surface area (Å²) in [5, 5.41) is 0.357. The van der Waals surface area contributed by atoms with Gasteiger partial charge < -0.3 is 4.98 Å². The van der Waals surface area contributed by atoms with Crippen LogP contribution in [-0.4, -0.2) is 57.7 Å². The van der Waals surface area contributed by atoms with Crippen LogP contribution in [-0.2, 0) is 10.2 Å². The van der Waals surface area contributed by atoms with Gasteiger partial charge in [0, 0.05) is 71.9 Å². The Morgan fingerprint density at radius 3 is 2.42 bits per heavy atom. The summed E-state index contributed by atoms with van der Waals surface area (Å²) in [7, 11) is -4.36. The lowest BCUT2D eigenvalue weighted by molar-refractivity contribution is 0.103. The molecular formula is C25H21F3N6O3S. The lowest BCUT2D eigenvalue weighted by atomic mass is 10.0. The molecule has 1 aliphatic carbocycles. The van der Waals surface area contributed by atoms with Crippen LogP contribution >= 0.6 is 0 Å². The minimum atomic E-state index is -4.36. The molecule has 6 rings (SSSR count). The highest BCUT2D eigenvalue weighted by molar-refractivity contribution is 7.90. The molecule has 1 aromatic carbocycles. The molecule has 2 N–H and O–H groups in total. The number of H-pyrrole nitrogens is 1. The third-order valence-electron chi connectivity index (χ3n) is 6.68. The van der Waals surface area contributed by atoms with Gasteiger partial charge in [-0.05, 0) is 31.4 Å². The molecular weight excluding hydrogens is 521 g/mol. The van der Waals surface area contributed by atoms with Gasteiger partial charge in [0.1, 0.15) is 23.5 Å². The molecule has 0 amide bonds. The molecule has 196 valence electrons. The number of carbonyl (C=O) groups is 1. The quantitative estimate of drug-likeness (QED) is 0.339. The highest BCUT2D eigenvalue weighted by Gasteiger charge is 2.33. The molecule has 13 heteroatoms. The molecule has 3 aromatic heterocycles. The predicted molar refractivity (Wildman–Crippen MR) is 133 cm³/mol. The number of pyridine rings is 1. The average Bonchev–Trinajstić information content (AvgIpc) is 3.51. The molecule has 0 unspecified atom stereocenters. The number of fused-ring (bicyclic) bond motifs is 1. The number of halogens is 3. The van der Waals surface area contributed by atoms with Crippen molar-refractivity contribution in [1.82, 2.24) is 24.2 Å². The van der Waals surface area contributed by atoms with Gasteiger partial charge in [-0.15, -0.1) is 0 Å². The monoisotopic (exact) mass is 542 g/mol. The van der Waals surface area contributed by atoms with Crippen LogP contribution in [0.1, 0.15) is 46.9 Å². The molecule has 38 heavy (non-hydrogen) atoms. The fourth-order valence-electron chi connectivity index (χ4n) is 4.47. The van der Waals surface area contributed by atoms with Gasteiger partial charge >= 0.3 is 10.2 Å². The fourth-order valence-corrected chi connectivity index (χ4v) is 5.73. The molecule has 1 saturated heterocycles. The van der Waals surface area contributed by atoms with Crippen molar-refractivity contribution in [2.24, 2.45) is 0 Å². The van der Waals surface area contributed by atoms with Gasteiger partial charge in [0.15, 0.2) is 11.6 Å². The number of aromatic amines is 1. The van der Waals surface area contributed by atoms with Crippen molar-refractivity contribution in [1.29, 1.82) is 0 Å². The number of hydrogen-bond acceptors (Lipinski definition) is 6. The van der Waals surface area contributed by atoms with Crippen LogP contribution < -0.4 is 4.72 Å². The summed E-state index contributed by atoms with van der Waals surface area (Å²) in [6, 6.07) is 3.00. The first-order valence-electron chi connectivity index (χ1n) is 11.9. The third kappa shape index (κ3) is 4.52. The molecule has 2 aliphatic rings. The van der Waals surface area contributed by atoms with Crippen molar-refractivity contribution in [2.45, 2.75) is 31.4 Å². The highest BCUT2D eigenvalue weighted by Crippen LogP contribution is 2.38. The zero-order valence-electron chi connectivity index (χ0n) is 19.8. The molecule has 1 aliphatic heterocycles. The number of nitrogens with zero attached hydrogens (tertiary/aromatic N) is 4. The first-order valence-corrected chi connectivity index (χ1v) is 13.4. The summed E-state index contributed by atoms with van der Waals surface area (Å²) >= 11 is 0. The highest BCUT2D eigenvalue weighted by atomic mass is 32.2. The number of rotatable bonds is 7. The maximum absolute atomic E-state index is 15.4. The van der Waals surface area contributed by atoms with E-state index < -0.39 is 51.6 Å². The first kappa shape index (κ1) is 24.5. The molecule has 1 atom stereocenters. The van der Waals surface area contributed by atoms with Crippen LogP contribution in [0, 0.1) is 11.6 Å². The minimum absolute atomic E-state index is 0.00362. The molecule has 0 spiro atoms. The number of ketones is 1. The van der Waals surface area contributed by atoms with Crippen molar-refractivity contribution in [3.63, 3.8) is 0 Å². The number of carbonyl (C=O) groups excluding carboxylic acids is 1. The van der Waals surface area contributed by atoms with E-state index in [0.29, 0.717) is 40.2 Å². The lowest BCUT2D eigenvalue weighted by Crippen LogP contribution is -2.34. The Labute approximate surface area is 215 Å². The molecule has 0 radical (unpaired) electrons. The number of alkyl halides is 1. The Hall–Kier alpha value is -3.84. The second-order valence-corrected chi connectivity index (χ2v) is 11.1. The molecule has 9 nitrogen and oxygen atoms in total. The third-order valence-corrected chi connectivity index (χ3v) is 8.17. The Kier molecular flexibility index (Phi) is 5.91. The Bertz CT molecular complexity index is 1670. The standard InChI is InChI=1S/C25H21F3N6O3S/c26-16-3-4-34(12-16)38(36,37)33-21-7-17(27)6-19(22(21)28)23(35)20-11-32-25-18(20)5-14(8-31-25)15-9-29-24(30-10-15)13-1-2-13/h5-11,13,16,33H,1-4,12H2,(H,31,32)/t16-/m1/s1. The number of hydrogen-bond donors (Lipinski definition) is 2. The van der Waals surface area contributed by atoms with E-state index in [1.165, 1.54) is 6.20 Å². The summed E-state index contributed by atoms with van der Waals surface area (Å²) in [6.07, 6.45) is 7.06. The summed E-state index contributed by atoms with van der Waals surface area (Å²) in [5.74, 6) is -1.98. The summed E-state index contributed by atoms with van der Waals surface area (Å²) < 4.78 is 71.3. The number of nitrogens with one attached hydrogen (secondary N) is 2. The van der Waals surface area contributed by atoms with Crippen LogP contribution in [0.3, 0.4) is 0 Å². The van der Waals surface area contributed by atoms with Crippen LogP contribution in [0.5, 0.6) is 0 Å². The van der Waals surface area contributed by atoms with Crippen LogP contribution in [0.2, 0.25) is 0 Å². The van der Waals surface area contributed by atoms with E-state index in [9.17, 15) is 22.0 Å². The molecule has 1 saturated carbocycles. The van der Waals surface area contributed by atoms with E-state index >= 15 is 4.39 Å². The van der Waals surface area contributed by atoms with Gasteiger partial charge in [-0.1, -0.05) is 0 Å². The van der Waals surface area contributed by atoms with Gasteiger partial charge in [-0.3, -0.25) is 9.52 Å². The van der Waals surface area contributed by atoms with Crippen molar-refractivity contribution in [3.8, 4) is 11.1 Å². The van der Waals surface area contributed by atoms with E-state index in [1.807, 2.05) is 4.72 Å². The van der Waals surface area contributed by atoms with Gasteiger partial charge in [0.25, 0.3) is 0 Å². The topological polar surface area (TPSA) is 121 Å². The second-order valence-electron chi connectivity index (χ2n) is 9.42. The van der Waals surface area contributed by atoms with E-state index in [1.54, 1.807) is 24.7 Å². The van der Waals surface area contributed by atoms with Gasteiger partial charge in [-0.2, -0.15) is 12.7 Å². The van der Waals surface area contributed by atoms with Crippen molar-refractivity contribution in [2.75, 3.05) is 17.8 Å². The van der Waals surface area contributed by atoms with Crippen molar-refractivity contribution in [3.05, 3.63) is 71.6 Å². The normalized spacial score (nSPS) is 18.2. The van der Waals surface area contributed by atoms with Gasteiger partial charge in [-0.25, -0.2) is 28.1 Å². The smallest absolute Gasteiger partial charge is 0.301 e. The molecule has 4 aromatic rings. The predicted octanol–water partition coefficient (Wildman–Crippen LogP) is 4.11. The average molecular weight is 543 g/mol. The van der Waals surface area contributed by atoms with Crippen LogP contribution in [0.25, 0.3) is 22.2 Å². The zero-order chi connectivity index (χ0) is 26.6. The van der Waals surface area contributed by atoms with Gasteiger partial charge in [0.05, 0.1) is 11.3 Å². The molecule has 0 bridgehead atoms. The number of benzene rings is 1. The number of anilines is 1. The van der Waals surface area contributed by atoms with E-state index in [2.05, 4.69) is 19.9 Å². The Balaban J connectivity index is 1.33. The molecule has 2 fully saturated rings. The van der Waals surface area contributed by atoms with Crippen molar-refractivity contribution >= 4 is 32.7 Å². The lowest BCUT2D eigenvalue weighted by Gasteiger charge is -2.18. The summed E-state index contributed by atoms with van der Waals surface area (Å²) in [4.78, 5) is 29.3. The fraction of sp³-hybridized carbons (Fsp3) is 0.280. The van der Waals surface area contributed by atoms with Crippen LogP contribution in [0.15, 0.2) is 43.0 Å². The minimum Gasteiger partial charge on any atom is -0.345 e. The first-order chi connectivity index (χ1) is 18.2. The Morgan fingerprint density at radius 2 is 1.74 bits per heavy atom. The maximum Gasteiger partial charge on any atom is 0.301 e. The van der Waals surface area contributed by atoms with Gasteiger partial charge in [0.2, 0.25) is 0 Å². The SMILES string of the molecule is O=C(c1cc(F)cc(NS(=O)(=O)N2CC[C@@H](F)C2)c1F)c1c[nH]c2ncc(-c3cnc(C4CC4)nc3)cc12. The maximum atomic E-state index is 15.4. The van der Waals surface area contributed by atoms with Crippen LogP contribution in [0.4, 0.5) is 18.9 Å². The zero-order valence-corrected chi connectivity index (χ0v) is 20.6. The van der Waals surface area contributed by atoms with Crippen molar-refractivity contribution < 1.29 is 26.4 Å². The second kappa shape index (κ2) is 9.17. The summed E-state index contributed by atoms with van der Waals surface area (Å²) in [5.41, 5.74) is 0.245.